The van der Waals surface area contributed by atoms with Crippen LogP contribution in [0.15, 0.2) is 28.3 Å². The lowest BCUT2D eigenvalue weighted by atomic mass is 10.1. The van der Waals surface area contributed by atoms with E-state index in [-0.39, 0.29) is 0 Å². The molecule has 0 aromatic heterocycles. The zero-order chi connectivity index (χ0) is 17.2. The van der Waals surface area contributed by atoms with Gasteiger partial charge in [0.05, 0.1) is 11.6 Å². The van der Waals surface area contributed by atoms with Gasteiger partial charge < -0.3 is 9.62 Å². The van der Waals surface area contributed by atoms with E-state index in [4.69, 9.17) is 0 Å². The molecule has 0 aliphatic rings. The summed E-state index contributed by atoms with van der Waals surface area (Å²) in [6.45, 7) is 5.85. The number of carbonyl (C=O) groups is 1. The highest BCUT2D eigenvalue weighted by Gasteiger charge is 2.02. The van der Waals surface area contributed by atoms with Crippen molar-refractivity contribution < 1.29 is 9.63 Å². The molecule has 0 aliphatic heterocycles. The minimum atomic E-state index is -0.578. The first-order chi connectivity index (χ1) is 10.9. The van der Waals surface area contributed by atoms with Crippen molar-refractivity contribution in [3.63, 3.8) is 0 Å². The molecular weight excluding hydrogens is 332 g/mol. The van der Waals surface area contributed by atoms with Crippen LogP contribution in [0.2, 0.25) is 0 Å². The van der Waals surface area contributed by atoms with Crippen LogP contribution in [0, 0.1) is 13.8 Å². The molecule has 1 rings (SSSR count). The number of amides is 1. The first-order valence-electron chi connectivity index (χ1n) is 6.93. The van der Waals surface area contributed by atoms with Gasteiger partial charge in [-0.25, -0.2) is 9.79 Å². The average molecular weight is 355 g/mol. The van der Waals surface area contributed by atoms with Crippen molar-refractivity contribution in [3.05, 3.63) is 29.3 Å². The Morgan fingerprint density at radius 3 is 2.83 bits per heavy atom. The predicted molar refractivity (Wildman–Crippen MR) is 101 cm³/mol. The molecule has 1 N–H and O–H groups in total. The van der Waals surface area contributed by atoms with Gasteiger partial charge in [0.25, 0.3) is 0 Å². The van der Waals surface area contributed by atoms with Crippen molar-refractivity contribution in [1.29, 1.82) is 0 Å². The topological polar surface area (TPSA) is 66.3 Å². The lowest BCUT2D eigenvalue weighted by molar-refractivity contribution is 0.153. The number of nitrogens with one attached hydrogen (secondary N) is 1. The Balaban J connectivity index is 2.35. The van der Waals surface area contributed by atoms with Gasteiger partial charge in [0.1, 0.15) is 11.4 Å². The number of thioether (sulfide) groups is 1. The maximum atomic E-state index is 11.4. The summed E-state index contributed by atoms with van der Waals surface area (Å²) in [5, 5.41) is 6.93. The first kappa shape index (κ1) is 19.4. The van der Waals surface area contributed by atoms with E-state index in [1.807, 2.05) is 36.7 Å². The molecule has 0 unspecified atom stereocenters. The van der Waals surface area contributed by atoms with Gasteiger partial charge in [-0.05, 0) is 50.6 Å². The smallest absolute Gasteiger partial charge is 0.309 e. The Kier molecular flexibility index (Phi) is 8.57. The van der Waals surface area contributed by atoms with Crippen LogP contribution in [0.25, 0.3) is 0 Å². The van der Waals surface area contributed by atoms with Gasteiger partial charge >= 0.3 is 6.09 Å². The highest BCUT2D eigenvalue weighted by atomic mass is 32.2. The molecule has 0 atom stereocenters. The quantitative estimate of drug-likeness (QED) is 0.209. The van der Waals surface area contributed by atoms with E-state index in [2.05, 4.69) is 33.3 Å². The van der Waals surface area contributed by atoms with Crippen LogP contribution in [0.1, 0.15) is 18.1 Å². The minimum Gasteiger partial charge on any atom is -0.309 e. The fraction of sp³-hybridized carbons (Fsp3) is 0.400. The maximum Gasteiger partial charge on any atom is 0.434 e. The van der Waals surface area contributed by atoms with Gasteiger partial charge in [-0.15, -0.1) is 11.8 Å². The number of hydrogen-bond donors (Lipinski definition) is 1. The van der Waals surface area contributed by atoms with Gasteiger partial charge in [0.2, 0.25) is 0 Å². The Morgan fingerprint density at radius 1 is 1.43 bits per heavy atom. The van der Waals surface area contributed by atoms with Gasteiger partial charge in [0.15, 0.2) is 0 Å². The zero-order valence-corrected chi connectivity index (χ0v) is 15.6. The highest BCUT2D eigenvalue weighted by molar-refractivity contribution is 8.13. The molecule has 0 saturated carbocycles. The van der Waals surface area contributed by atoms with Crippen molar-refractivity contribution in [2.45, 2.75) is 20.8 Å². The number of aliphatic imine (C=N–C) groups is 1. The molecule has 126 valence electrons. The summed E-state index contributed by atoms with van der Waals surface area (Å²) < 4.78 is 1.82. The number of benzene rings is 1. The van der Waals surface area contributed by atoms with Crippen molar-refractivity contribution in [2.24, 2.45) is 10.1 Å². The first-order valence-corrected chi connectivity index (χ1v) is 9.09. The van der Waals surface area contributed by atoms with Crippen molar-refractivity contribution in [1.82, 2.24) is 9.62 Å². The van der Waals surface area contributed by atoms with Crippen LogP contribution in [0.3, 0.4) is 0 Å². The van der Waals surface area contributed by atoms with Gasteiger partial charge in [-0.2, -0.15) is 0 Å². The summed E-state index contributed by atoms with van der Waals surface area (Å²) in [5.41, 5.74) is 3.27. The molecule has 0 fully saturated rings. The summed E-state index contributed by atoms with van der Waals surface area (Å²) in [5.74, 6) is 0.363. The van der Waals surface area contributed by atoms with Crippen LogP contribution in [-0.2, 0) is 4.84 Å². The van der Waals surface area contributed by atoms with Crippen LogP contribution < -0.4 is 5.32 Å². The molecule has 0 heterocycles. The second-order valence-corrected chi connectivity index (χ2v) is 6.85. The Hall–Kier alpha value is -1.67. The SMILES string of the molecule is CS/C(C)=N/OC(=O)NCSN(C)C=Nc1ccc(C)cc1C. The number of carbonyl (C=O) groups excluding carboxylic acids is 1. The highest BCUT2D eigenvalue weighted by Crippen LogP contribution is 2.19. The summed E-state index contributed by atoms with van der Waals surface area (Å²) in [4.78, 5) is 20.5. The van der Waals surface area contributed by atoms with E-state index < -0.39 is 6.09 Å². The number of oxime groups is 1. The molecule has 0 aliphatic carbocycles. The second kappa shape index (κ2) is 10.2. The van der Waals surface area contributed by atoms with Gasteiger partial charge in [-0.3, -0.25) is 4.84 Å². The minimum absolute atomic E-state index is 0.363. The number of aryl methyl sites for hydroxylation is 2. The molecule has 0 bridgehead atoms. The molecule has 23 heavy (non-hydrogen) atoms. The Morgan fingerprint density at radius 2 is 2.17 bits per heavy atom. The monoisotopic (exact) mass is 354 g/mol. The fourth-order valence-electron chi connectivity index (χ4n) is 1.50. The third-order valence-corrected chi connectivity index (χ3v) is 4.19. The average Bonchev–Trinajstić information content (AvgIpc) is 2.51. The van der Waals surface area contributed by atoms with E-state index in [9.17, 15) is 4.79 Å². The predicted octanol–water partition coefficient (Wildman–Crippen LogP) is 3.92. The largest absolute Gasteiger partial charge is 0.434 e. The van der Waals surface area contributed by atoms with Crippen LogP contribution >= 0.6 is 23.7 Å². The van der Waals surface area contributed by atoms with E-state index in [1.54, 1.807) is 13.3 Å². The third kappa shape index (κ3) is 7.94. The molecule has 6 nitrogen and oxygen atoms in total. The summed E-state index contributed by atoms with van der Waals surface area (Å²) in [6.07, 6.45) is 3.00. The molecule has 0 spiro atoms. The second-order valence-electron chi connectivity index (χ2n) is 4.72. The Labute approximate surface area is 145 Å². The number of rotatable bonds is 6. The lowest BCUT2D eigenvalue weighted by Crippen LogP contribution is -2.24. The number of nitrogens with zero attached hydrogens (tertiary/aromatic N) is 3. The van der Waals surface area contributed by atoms with Crippen molar-refractivity contribution >= 4 is 46.9 Å². The van der Waals surface area contributed by atoms with Crippen LogP contribution in [-0.4, -0.2) is 41.0 Å². The van der Waals surface area contributed by atoms with E-state index in [0.717, 1.165) is 11.3 Å². The molecule has 0 saturated heterocycles. The van der Waals surface area contributed by atoms with Gasteiger partial charge in [-0.1, -0.05) is 22.9 Å². The molecule has 8 heteroatoms. The molecule has 1 aromatic rings. The van der Waals surface area contributed by atoms with Crippen molar-refractivity contribution in [3.8, 4) is 0 Å². The van der Waals surface area contributed by atoms with E-state index in [0.29, 0.717) is 10.9 Å². The molecule has 1 aromatic carbocycles. The lowest BCUT2D eigenvalue weighted by Gasteiger charge is -2.11. The fourth-order valence-corrected chi connectivity index (χ4v) is 2.11. The number of hydrogen-bond acceptors (Lipinski definition) is 6. The molecule has 1 amide bonds. The molecule has 0 radical (unpaired) electrons. The van der Waals surface area contributed by atoms with E-state index in [1.165, 1.54) is 29.3 Å². The van der Waals surface area contributed by atoms with E-state index >= 15 is 0 Å². The zero-order valence-electron chi connectivity index (χ0n) is 14.0. The summed E-state index contributed by atoms with van der Waals surface area (Å²) in [6, 6.07) is 6.11. The Bertz CT molecular complexity index is 591. The standard InChI is InChI=1S/C15H22N4O2S2/c1-11-6-7-14(12(2)8-11)16-9-19(4)23-10-17-15(20)21-18-13(3)22-5/h6-9H,10H2,1-5H3,(H,17,20)/b16-9?,18-13+. The summed E-state index contributed by atoms with van der Waals surface area (Å²) in [7, 11) is 1.86. The van der Waals surface area contributed by atoms with Crippen LogP contribution in [0.5, 0.6) is 0 Å². The van der Waals surface area contributed by atoms with Crippen LogP contribution in [0.4, 0.5) is 10.5 Å². The normalized spacial score (nSPS) is 11.6. The maximum absolute atomic E-state index is 11.4. The van der Waals surface area contributed by atoms with Gasteiger partial charge in [0, 0.05) is 7.05 Å². The molecular formula is C15H22N4O2S2. The third-order valence-electron chi connectivity index (χ3n) is 2.75. The summed E-state index contributed by atoms with van der Waals surface area (Å²) >= 11 is 2.81. The van der Waals surface area contributed by atoms with Crippen molar-refractivity contribution in [2.75, 3.05) is 19.2 Å².